The van der Waals surface area contributed by atoms with Gasteiger partial charge < -0.3 is 4.74 Å². The van der Waals surface area contributed by atoms with Crippen LogP contribution in [0.3, 0.4) is 0 Å². The topological polar surface area (TPSA) is 69.4 Å². The maximum absolute atomic E-state index is 11.6. The summed E-state index contributed by atoms with van der Waals surface area (Å²) in [4.78, 5) is 0. The summed E-state index contributed by atoms with van der Waals surface area (Å²) in [5.74, 6) is 0.666. The first-order valence-electron chi connectivity index (χ1n) is 8.93. The average molecular weight is 379 g/mol. The average Bonchev–Trinajstić information content (AvgIpc) is 2.66. The van der Waals surface area contributed by atoms with Crippen molar-refractivity contribution in [2.24, 2.45) is 5.14 Å². The maximum atomic E-state index is 11.6. The standard InChI is InChI=1S/C22H21NO3S/c1-2-16-9-6-10-20-21(16)18-12-11-15(14-27(23,24)25)13-19(18)22(26-20)17-7-4-3-5-8-17/h3-13,22H,2,14H2,1H3,(H2,23,24,25). The van der Waals surface area contributed by atoms with Gasteiger partial charge in [-0.2, -0.15) is 0 Å². The molecule has 2 N–H and O–H groups in total. The molecule has 0 saturated carbocycles. The summed E-state index contributed by atoms with van der Waals surface area (Å²) in [5, 5.41) is 5.25. The lowest BCUT2D eigenvalue weighted by Crippen LogP contribution is -2.18. The molecule has 27 heavy (non-hydrogen) atoms. The lowest BCUT2D eigenvalue weighted by Gasteiger charge is -2.31. The van der Waals surface area contributed by atoms with Gasteiger partial charge >= 0.3 is 0 Å². The first kappa shape index (κ1) is 17.8. The molecule has 0 radical (unpaired) electrons. The zero-order valence-corrected chi connectivity index (χ0v) is 15.9. The van der Waals surface area contributed by atoms with E-state index in [9.17, 15) is 8.42 Å². The van der Waals surface area contributed by atoms with Crippen molar-refractivity contribution < 1.29 is 13.2 Å². The highest BCUT2D eigenvalue weighted by Crippen LogP contribution is 2.46. The molecule has 3 aromatic carbocycles. The van der Waals surface area contributed by atoms with E-state index in [-0.39, 0.29) is 11.9 Å². The second kappa shape index (κ2) is 6.83. The number of primary sulfonamides is 1. The van der Waals surface area contributed by atoms with Crippen molar-refractivity contribution in [2.45, 2.75) is 25.2 Å². The number of benzene rings is 3. The number of aryl methyl sites for hydroxylation is 1. The van der Waals surface area contributed by atoms with E-state index in [4.69, 9.17) is 9.88 Å². The minimum Gasteiger partial charge on any atom is -0.480 e. The van der Waals surface area contributed by atoms with Gasteiger partial charge in [-0.15, -0.1) is 0 Å². The molecule has 0 aliphatic carbocycles. The molecule has 1 atom stereocenters. The second-order valence-electron chi connectivity index (χ2n) is 6.78. The Balaban J connectivity index is 1.93. The van der Waals surface area contributed by atoms with Crippen LogP contribution < -0.4 is 9.88 Å². The smallest absolute Gasteiger partial charge is 0.213 e. The fraction of sp³-hybridized carbons (Fsp3) is 0.182. The zero-order chi connectivity index (χ0) is 19.0. The highest BCUT2D eigenvalue weighted by Gasteiger charge is 2.29. The summed E-state index contributed by atoms with van der Waals surface area (Å²) in [5.41, 5.74) is 6.04. The summed E-state index contributed by atoms with van der Waals surface area (Å²) in [6.07, 6.45) is 0.599. The molecule has 1 unspecified atom stereocenters. The molecule has 3 aromatic rings. The van der Waals surface area contributed by atoms with Gasteiger partial charge in [0.2, 0.25) is 10.0 Å². The molecule has 138 valence electrons. The van der Waals surface area contributed by atoms with Crippen LogP contribution >= 0.6 is 0 Å². The first-order valence-corrected chi connectivity index (χ1v) is 10.6. The van der Waals surface area contributed by atoms with Gasteiger partial charge in [0.1, 0.15) is 11.9 Å². The fourth-order valence-corrected chi connectivity index (χ4v) is 4.36. The van der Waals surface area contributed by atoms with Crippen LogP contribution in [0.15, 0.2) is 66.7 Å². The number of sulfonamides is 1. The van der Waals surface area contributed by atoms with E-state index in [2.05, 4.69) is 13.0 Å². The Kier molecular flexibility index (Phi) is 4.50. The maximum Gasteiger partial charge on any atom is 0.213 e. The van der Waals surface area contributed by atoms with Crippen LogP contribution in [0.4, 0.5) is 0 Å². The SMILES string of the molecule is CCc1cccc2c1-c1ccc(CS(N)(=O)=O)cc1C(c1ccccc1)O2. The Hall–Kier alpha value is -2.63. The van der Waals surface area contributed by atoms with Crippen LogP contribution in [-0.4, -0.2) is 8.42 Å². The Morgan fingerprint density at radius 3 is 2.48 bits per heavy atom. The van der Waals surface area contributed by atoms with E-state index >= 15 is 0 Å². The third-order valence-electron chi connectivity index (χ3n) is 4.88. The van der Waals surface area contributed by atoms with Gasteiger partial charge in [0.25, 0.3) is 0 Å². The number of fused-ring (bicyclic) bond motifs is 3. The van der Waals surface area contributed by atoms with E-state index in [1.54, 1.807) is 0 Å². The van der Waals surface area contributed by atoms with E-state index in [1.165, 1.54) is 5.56 Å². The summed E-state index contributed by atoms with van der Waals surface area (Å²) in [6, 6.07) is 21.8. The summed E-state index contributed by atoms with van der Waals surface area (Å²) < 4.78 is 29.5. The predicted octanol–water partition coefficient (Wildman–Crippen LogP) is 4.19. The third kappa shape index (κ3) is 3.48. The number of nitrogens with two attached hydrogens (primary N) is 1. The Morgan fingerprint density at radius 1 is 1.00 bits per heavy atom. The quantitative estimate of drug-likeness (QED) is 0.739. The van der Waals surface area contributed by atoms with Crippen LogP contribution in [0.5, 0.6) is 5.75 Å². The molecule has 4 nitrogen and oxygen atoms in total. The summed E-state index contributed by atoms with van der Waals surface area (Å²) in [7, 11) is -3.60. The Morgan fingerprint density at radius 2 is 1.78 bits per heavy atom. The van der Waals surface area contributed by atoms with Crippen molar-refractivity contribution in [2.75, 3.05) is 0 Å². The molecule has 1 aliphatic heterocycles. The lowest BCUT2D eigenvalue weighted by molar-refractivity contribution is 0.243. The molecule has 0 bridgehead atoms. The molecule has 4 rings (SSSR count). The molecule has 0 fully saturated rings. The molecule has 5 heteroatoms. The van der Waals surface area contributed by atoms with Crippen LogP contribution in [0.25, 0.3) is 11.1 Å². The van der Waals surface area contributed by atoms with Crippen molar-refractivity contribution in [3.63, 3.8) is 0 Å². The molecular formula is C22H21NO3S. The number of hydrogen-bond acceptors (Lipinski definition) is 3. The monoisotopic (exact) mass is 379 g/mol. The number of ether oxygens (including phenoxy) is 1. The van der Waals surface area contributed by atoms with Crippen molar-refractivity contribution in [1.29, 1.82) is 0 Å². The minimum atomic E-state index is -3.60. The van der Waals surface area contributed by atoms with Crippen molar-refractivity contribution >= 4 is 10.0 Å². The van der Waals surface area contributed by atoms with Crippen LogP contribution in [0.2, 0.25) is 0 Å². The van der Waals surface area contributed by atoms with Gasteiger partial charge in [-0.3, -0.25) is 0 Å². The molecule has 0 spiro atoms. The molecule has 0 amide bonds. The predicted molar refractivity (Wildman–Crippen MR) is 107 cm³/mol. The molecular weight excluding hydrogens is 358 g/mol. The van der Waals surface area contributed by atoms with Crippen molar-refractivity contribution in [3.8, 4) is 16.9 Å². The number of hydrogen-bond donors (Lipinski definition) is 1. The van der Waals surface area contributed by atoms with Crippen molar-refractivity contribution in [3.05, 3.63) is 89.0 Å². The minimum absolute atomic E-state index is 0.190. The van der Waals surface area contributed by atoms with Gasteiger partial charge in [0.15, 0.2) is 0 Å². The molecule has 1 aliphatic rings. The van der Waals surface area contributed by atoms with Crippen LogP contribution in [0, 0.1) is 0 Å². The highest BCUT2D eigenvalue weighted by atomic mass is 32.2. The van der Waals surface area contributed by atoms with Crippen LogP contribution in [-0.2, 0) is 22.2 Å². The van der Waals surface area contributed by atoms with Gasteiger partial charge in [0, 0.05) is 11.1 Å². The Bertz CT molecular complexity index is 1090. The first-order chi connectivity index (χ1) is 13.0. The summed E-state index contributed by atoms with van der Waals surface area (Å²) >= 11 is 0. The highest BCUT2D eigenvalue weighted by molar-refractivity contribution is 7.88. The zero-order valence-electron chi connectivity index (χ0n) is 15.1. The second-order valence-corrected chi connectivity index (χ2v) is 8.40. The van der Waals surface area contributed by atoms with Crippen LogP contribution in [0.1, 0.15) is 35.3 Å². The van der Waals surface area contributed by atoms with E-state index in [0.29, 0.717) is 5.56 Å². The summed E-state index contributed by atoms with van der Waals surface area (Å²) in [6.45, 7) is 2.12. The molecule has 1 heterocycles. The van der Waals surface area contributed by atoms with Gasteiger partial charge in [-0.1, -0.05) is 67.6 Å². The van der Waals surface area contributed by atoms with Gasteiger partial charge in [0.05, 0.1) is 5.75 Å². The third-order valence-corrected chi connectivity index (χ3v) is 5.61. The molecule has 0 aromatic heterocycles. The van der Waals surface area contributed by atoms with Gasteiger partial charge in [-0.05, 0) is 34.7 Å². The fourth-order valence-electron chi connectivity index (χ4n) is 3.72. The lowest BCUT2D eigenvalue weighted by atomic mass is 9.86. The number of rotatable bonds is 4. The Labute approximate surface area is 159 Å². The normalized spacial score (nSPS) is 15.6. The van der Waals surface area contributed by atoms with E-state index in [1.807, 2.05) is 60.7 Å². The van der Waals surface area contributed by atoms with E-state index in [0.717, 1.165) is 34.4 Å². The van der Waals surface area contributed by atoms with E-state index < -0.39 is 10.0 Å². The molecule has 0 saturated heterocycles. The van der Waals surface area contributed by atoms with Gasteiger partial charge in [-0.25, -0.2) is 13.6 Å². The largest absolute Gasteiger partial charge is 0.480 e. The van der Waals surface area contributed by atoms with Crippen molar-refractivity contribution in [1.82, 2.24) is 0 Å².